The molecule has 0 amide bonds. The van der Waals surface area contributed by atoms with Gasteiger partial charge in [-0.2, -0.15) is 0 Å². The standard InChI is InChI=1S/C18H24O4/c1-21-17-5-4-14(12-6-8-22-9-7-12)10-16(17)15(11-18(19)20)13-2-3-13/h4-5,10,12-13,15H,2-3,6-9,11H2,1H3,(H,19,20). The third kappa shape index (κ3) is 3.43. The third-order valence-corrected chi connectivity index (χ3v) is 4.93. The lowest BCUT2D eigenvalue weighted by molar-refractivity contribution is -0.137. The number of methoxy groups -OCH3 is 1. The number of hydrogen-bond donors (Lipinski definition) is 1. The average molecular weight is 304 g/mol. The lowest BCUT2D eigenvalue weighted by Crippen LogP contribution is -2.15. The van der Waals surface area contributed by atoms with Gasteiger partial charge in [-0.1, -0.05) is 12.1 Å². The molecule has 1 N–H and O–H groups in total. The number of hydrogen-bond acceptors (Lipinski definition) is 3. The van der Waals surface area contributed by atoms with Gasteiger partial charge in [0, 0.05) is 19.1 Å². The molecule has 1 unspecified atom stereocenters. The van der Waals surface area contributed by atoms with Gasteiger partial charge in [-0.3, -0.25) is 4.79 Å². The normalized spacial score (nSPS) is 20.6. The molecule has 2 fully saturated rings. The molecule has 1 aliphatic heterocycles. The smallest absolute Gasteiger partial charge is 0.303 e. The van der Waals surface area contributed by atoms with Crippen molar-refractivity contribution < 1.29 is 19.4 Å². The second kappa shape index (κ2) is 6.69. The van der Waals surface area contributed by atoms with Gasteiger partial charge in [0.25, 0.3) is 0 Å². The van der Waals surface area contributed by atoms with E-state index in [1.54, 1.807) is 7.11 Å². The minimum atomic E-state index is -0.726. The van der Waals surface area contributed by atoms with Crippen LogP contribution in [0.25, 0.3) is 0 Å². The van der Waals surface area contributed by atoms with Gasteiger partial charge in [-0.05, 0) is 54.7 Å². The van der Waals surface area contributed by atoms with Crippen LogP contribution in [0.2, 0.25) is 0 Å². The van der Waals surface area contributed by atoms with Crippen LogP contribution < -0.4 is 4.74 Å². The Hall–Kier alpha value is -1.55. The molecule has 1 atom stereocenters. The molecule has 0 aromatic heterocycles. The van der Waals surface area contributed by atoms with Crippen LogP contribution in [0.15, 0.2) is 18.2 Å². The number of rotatable bonds is 6. The van der Waals surface area contributed by atoms with Crippen molar-refractivity contribution in [2.24, 2.45) is 5.92 Å². The van der Waals surface area contributed by atoms with Gasteiger partial charge >= 0.3 is 5.97 Å². The number of aliphatic carboxylic acids is 1. The Labute approximate surface area is 131 Å². The zero-order valence-electron chi connectivity index (χ0n) is 13.1. The molecular weight excluding hydrogens is 280 g/mol. The minimum absolute atomic E-state index is 0.0761. The van der Waals surface area contributed by atoms with E-state index in [9.17, 15) is 9.90 Å². The largest absolute Gasteiger partial charge is 0.496 e. The number of benzene rings is 1. The van der Waals surface area contributed by atoms with Gasteiger partial charge in [-0.25, -0.2) is 0 Å². The summed E-state index contributed by atoms with van der Waals surface area (Å²) in [6.45, 7) is 1.63. The second-order valence-electron chi connectivity index (χ2n) is 6.43. The highest BCUT2D eigenvalue weighted by Crippen LogP contribution is 2.47. The molecule has 1 saturated carbocycles. The van der Waals surface area contributed by atoms with E-state index >= 15 is 0 Å². The Balaban J connectivity index is 1.90. The van der Waals surface area contributed by atoms with Crippen LogP contribution in [0, 0.1) is 5.92 Å². The average Bonchev–Trinajstić information content (AvgIpc) is 3.37. The van der Waals surface area contributed by atoms with Crippen molar-refractivity contribution in [1.82, 2.24) is 0 Å². The van der Waals surface area contributed by atoms with Gasteiger partial charge in [-0.15, -0.1) is 0 Å². The maximum atomic E-state index is 11.2. The Morgan fingerprint density at radius 2 is 2.05 bits per heavy atom. The van der Waals surface area contributed by atoms with Crippen LogP contribution in [0.1, 0.15) is 55.1 Å². The third-order valence-electron chi connectivity index (χ3n) is 4.93. The minimum Gasteiger partial charge on any atom is -0.496 e. The molecule has 1 aromatic rings. The first kappa shape index (κ1) is 15.3. The van der Waals surface area contributed by atoms with E-state index in [0.29, 0.717) is 11.8 Å². The Kier molecular flexibility index (Phi) is 4.67. The van der Waals surface area contributed by atoms with Crippen molar-refractivity contribution in [2.75, 3.05) is 20.3 Å². The highest BCUT2D eigenvalue weighted by molar-refractivity contribution is 5.68. The van der Waals surface area contributed by atoms with Crippen molar-refractivity contribution in [3.63, 3.8) is 0 Å². The summed E-state index contributed by atoms with van der Waals surface area (Å²) in [6, 6.07) is 6.33. The summed E-state index contributed by atoms with van der Waals surface area (Å²) < 4.78 is 11.0. The summed E-state index contributed by atoms with van der Waals surface area (Å²) in [7, 11) is 1.66. The van der Waals surface area contributed by atoms with Crippen molar-refractivity contribution in [3.05, 3.63) is 29.3 Å². The van der Waals surface area contributed by atoms with Crippen LogP contribution >= 0.6 is 0 Å². The molecule has 2 aliphatic rings. The van der Waals surface area contributed by atoms with E-state index in [0.717, 1.165) is 50.2 Å². The van der Waals surface area contributed by atoms with Crippen LogP contribution in [0.5, 0.6) is 5.75 Å². The molecule has 1 heterocycles. The molecule has 1 aromatic carbocycles. The molecule has 22 heavy (non-hydrogen) atoms. The van der Waals surface area contributed by atoms with Crippen LogP contribution in [0.4, 0.5) is 0 Å². The van der Waals surface area contributed by atoms with Crippen LogP contribution in [0.3, 0.4) is 0 Å². The molecule has 0 radical (unpaired) electrons. The molecular formula is C18H24O4. The summed E-state index contributed by atoms with van der Waals surface area (Å²) in [6.07, 6.45) is 4.53. The van der Waals surface area contributed by atoms with Crippen molar-refractivity contribution in [3.8, 4) is 5.75 Å². The fraction of sp³-hybridized carbons (Fsp3) is 0.611. The molecule has 3 rings (SSSR count). The van der Waals surface area contributed by atoms with E-state index < -0.39 is 5.97 Å². The summed E-state index contributed by atoms with van der Waals surface area (Å²) in [4.78, 5) is 11.2. The zero-order valence-corrected chi connectivity index (χ0v) is 13.1. The Morgan fingerprint density at radius 3 is 2.64 bits per heavy atom. The van der Waals surface area contributed by atoms with E-state index in [1.165, 1.54) is 5.56 Å². The van der Waals surface area contributed by atoms with Gasteiger partial charge in [0.2, 0.25) is 0 Å². The number of ether oxygens (including phenoxy) is 2. The lowest BCUT2D eigenvalue weighted by atomic mass is 9.85. The predicted molar refractivity (Wildman–Crippen MR) is 83.5 cm³/mol. The van der Waals surface area contributed by atoms with E-state index in [1.807, 2.05) is 6.07 Å². The van der Waals surface area contributed by atoms with Crippen LogP contribution in [-0.4, -0.2) is 31.4 Å². The topological polar surface area (TPSA) is 55.8 Å². The number of carbonyl (C=O) groups is 1. The molecule has 4 heteroatoms. The van der Waals surface area contributed by atoms with E-state index in [4.69, 9.17) is 9.47 Å². The fourth-order valence-corrected chi connectivity index (χ4v) is 3.54. The fourth-order valence-electron chi connectivity index (χ4n) is 3.54. The van der Waals surface area contributed by atoms with Crippen molar-refractivity contribution in [1.29, 1.82) is 0 Å². The number of carboxylic acids is 1. The summed E-state index contributed by atoms with van der Waals surface area (Å²) in [5.41, 5.74) is 2.38. The highest BCUT2D eigenvalue weighted by Gasteiger charge is 2.35. The zero-order chi connectivity index (χ0) is 15.5. The SMILES string of the molecule is COc1ccc(C2CCOCC2)cc1C(CC(=O)O)C1CC1. The molecule has 0 spiro atoms. The predicted octanol–water partition coefficient (Wildman–Crippen LogP) is 3.56. The van der Waals surface area contributed by atoms with Gasteiger partial charge in [0.15, 0.2) is 0 Å². The summed E-state index contributed by atoms with van der Waals surface area (Å²) in [5.74, 6) is 1.19. The van der Waals surface area contributed by atoms with Gasteiger partial charge in [0.05, 0.1) is 13.5 Å². The van der Waals surface area contributed by atoms with Gasteiger partial charge in [0.1, 0.15) is 5.75 Å². The summed E-state index contributed by atoms with van der Waals surface area (Å²) in [5, 5.41) is 9.25. The second-order valence-corrected chi connectivity index (χ2v) is 6.43. The van der Waals surface area contributed by atoms with Crippen molar-refractivity contribution in [2.45, 2.75) is 43.9 Å². The first-order valence-electron chi connectivity index (χ1n) is 8.16. The molecule has 1 saturated heterocycles. The maximum absolute atomic E-state index is 11.2. The Morgan fingerprint density at radius 1 is 1.32 bits per heavy atom. The van der Waals surface area contributed by atoms with E-state index in [-0.39, 0.29) is 12.3 Å². The molecule has 120 valence electrons. The van der Waals surface area contributed by atoms with Crippen molar-refractivity contribution >= 4 is 5.97 Å². The maximum Gasteiger partial charge on any atom is 0.303 e. The summed E-state index contributed by atoms with van der Waals surface area (Å²) >= 11 is 0. The van der Waals surface area contributed by atoms with E-state index in [2.05, 4.69) is 12.1 Å². The highest BCUT2D eigenvalue weighted by atomic mass is 16.5. The quantitative estimate of drug-likeness (QED) is 0.873. The molecule has 0 bridgehead atoms. The Bertz CT molecular complexity index is 530. The first-order valence-corrected chi connectivity index (χ1v) is 8.16. The number of carboxylic acid groups (broad SMARTS) is 1. The van der Waals surface area contributed by atoms with Gasteiger partial charge < -0.3 is 14.6 Å². The molecule has 4 nitrogen and oxygen atoms in total. The van der Waals surface area contributed by atoms with Crippen LogP contribution in [-0.2, 0) is 9.53 Å². The first-order chi connectivity index (χ1) is 10.7. The molecule has 1 aliphatic carbocycles. The lowest BCUT2D eigenvalue weighted by Gasteiger charge is -2.25. The monoisotopic (exact) mass is 304 g/mol.